The minimum Gasteiger partial charge on any atom is -0.405 e. The number of piperidine rings is 1. The molecule has 2 heterocycles. The Labute approximate surface area is 217 Å². The third-order valence-electron chi connectivity index (χ3n) is 6.69. The van der Waals surface area contributed by atoms with Crippen LogP contribution in [0.3, 0.4) is 0 Å². The van der Waals surface area contributed by atoms with Gasteiger partial charge in [0.1, 0.15) is 17.9 Å². The summed E-state index contributed by atoms with van der Waals surface area (Å²) in [6, 6.07) is 9.54. The molecule has 0 aliphatic carbocycles. The quantitative estimate of drug-likeness (QED) is 0.488. The first-order valence-corrected chi connectivity index (χ1v) is 12.4. The Morgan fingerprint density at radius 3 is 2.62 bits per heavy atom. The number of nitrogens with one attached hydrogen (secondary N) is 1. The topological polar surface area (TPSA) is 80.2 Å². The van der Waals surface area contributed by atoms with Crippen LogP contribution in [0.1, 0.15) is 39.5 Å². The SMILES string of the molecule is CC1=NOC(CC(=O)N2CCCCC2C(=O)Nc2ccc(-c3ccccc3OC(F)(F)F)c(Cl)c2)C1C. The maximum atomic E-state index is 13.2. The molecular weight excluding hydrogens is 511 g/mol. The Hall–Kier alpha value is -3.27. The normalized spacial score (nSPS) is 21.7. The number of para-hydroxylation sites is 1. The summed E-state index contributed by atoms with van der Waals surface area (Å²) >= 11 is 6.40. The predicted octanol–water partition coefficient (Wildman–Crippen LogP) is 6.03. The molecule has 1 fully saturated rings. The minimum absolute atomic E-state index is 0.0216. The van der Waals surface area contributed by atoms with Gasteiger partial charge in [0.25, 0.3) is 0 Å². The van der Waals surface area contributed by atoms with Gasteiger partial charge in [0.05, 0.1) is 17.2 Å². The molecule has 0 spiro atoms. The van der Waals surface area contributed by atoms with Gasteiger partial charge in [0, 0.05) is 29.3 Å². The summed E-state index contributed by atoms with van der Waals surface area (Å²) in [5, 5.41) is 6.89. The van der Waals surface area contributed by atoms with E-state index in [0.717, 1.165) is 18.6 Å². The molecule has 37 heavy (non-hydrogen) atoms. The maximum Gasteiger partial charge on any atom is 0.573 e. The average Bonchev–Trinajstić information content (AvgIpc) is 3.16. The highest BCUT2D eigenvalue weighted by atomic mass is 35.5. The lowest BCUT2D eigenvalue weighted by Gasteiger charge is -2.35. The van der Waals surface area contributed by atoms with Gasteiger partial charge in [-0.05, 0) is 44.4 Å². The van der Waals surface area contributed by atoms with Crippen molar-refractivity contribution in [1.82, 2.24) is 4.90 Å². The molecule has 2 aromatic carbocycles. The first-order valence-electron chi connectivity index (χ1n) is 12.0. The summed E-state index contributed by atoms with van der Waals surface area (Å²) in [6.07, 6.45) is -2.96. The Bertz CT molecular complexity index is 1200. The number of carbonyl (C=O) groups is 2. The van der Waals surface area contributed by atoms with Crippen LogP contribution in [-0.2, 0) is 14.4 Å². The van der Waals surface area contributed by atoms with Crippen molar-refractivity contribution >= 4 is 34.8 Å². The van der Waals surface area contributed by atoms with Crippen molar-refractivity contribution in [2.24, 2.45) is 11.1 Å². The number of amides is 2. The fourth-order valence-electron chi connectivity index (χ4n) is 4.54. The molecule has 0 aromatic heterocycles. The highest BCUT2D eigenvalue weighted by molar-refractivity contribution is 6.33. The largest absolute Gasteiger partial charge is 0.573 e. The van der Waals surface area contributed by atoms with Crippen molar-refractivity contribution in [3.8, 4) is 16.9 Å². The van der Waals surface area contributed by atoms with Crippen molar-refractivity contribution in [3.05, 3.63) is 47.5 Å². The molecule has 198 valence electrons. The number of rotatable bonds is 6. The first kappa shape index (κ1) is 26.8. The standard InChI is InChI=1S/C26H27ClF3N3O4/c1-15-16(2)32-37-23(15)14-24(34)33-12-6-5-8-21(33)25(35)31-17-10-11-18(20(27)13-17)19-7-3-4-9-22(19)36-26(28,29)30/h3-4,7,9-11,13,15,21,23H,5-6,8,12,14H2,1-2H3,(H,31,35). The van der Waals surface area contributed by atoms with E-state index in [1.165, 1.54) is 30.3 Å². The number of hydrogen-bond acceptors (Lipinski definition) is 5. The molecule has 4 rings (SSSR count). The summed E-state index contributed by atoms with van der Waals surface area (Å²) in [5.41, 5.74) is 1.67. The van der Waals surface area contributed by atoms with Crippen molar-refractivity contribution < 1.29 is 32.3 Å². The molecule has 2 amide bonds. The number of likely N-dealkylation sites (tertiary alicyclic amines) is 1. The molecule has 0 bridgehead atoms. The Morgan fingerprint density at radius 2 is 1.95 bits per heavy atom. The Balaban J connectivity index is 1.46. The maximum absolute atomic E-state index is 13.2. The van der Waals surface area contributed by atoms with Gasteiger partial charge in [-0.1, -0.05) is 47.9 Å². The highest BCUT2D eigenvalue weighted by Gasteiger charge is 2.37. The van der Waals surface area contributed by atoms with Gasteiger partial charge >= 0.3 is 6.36 Å². The van der Waals surface area contributed by atoms with E-state index >= 15 is 0 Å². The van der Waals surface area contributed by atoms with Crippen LogP contribution in [0.5, 0.6) is 5.75 Å². The van der Waals surface area contributed by atoms with Gasteiger partial charge in [-0.25, -0.2) is 0 Å². The highest BCUT2D eigenvalue weighted by Crippen LogP contribution is 2.38. The van der Waals surface area contributed by atoms with Crippen LogP contribution in [0.15, 0.2) is 47.6 Å². The lowest BCUT2D eigenvalue weighted by atomic mass is 9.96. The van der Waals surface area contributed by atoms with Gasteiger partial charge in [0.15, 0.2) is 0 Å². The fourth-order valence-corrected chi connectivity index (χ4v) is 4.82. The summed E-state index contributed by atoms with van der Waals surface area (Å²) in [6.45, 7) is 4.27. The molecule has 2 aromatic rings. The smallest absolute Gasteiger partial charge is 0.405 e. The number of alkyl halides is 3. The van der Waals surface area contributed by atoms with E-state index in [-0.39, 0.29) is 46.6 Å². The molecule has 7 nitrogen and oxygen atoms in total. The summed E-state index contributed by atoms with van der Waals surface area (Å²) < 4.78 is 42.6. The molecule has 11 heteroatoms. The third kappa shape index (κ3) is 6.36. The number of ether oxygens (including phenoxy) is 1. The van der Waals surface area contributed by atoms with Crippen LogP contribution in [0, 0.1) is 5.92 Å². The minimum atomic E-state index is -4.85. The number of hydrogen-bond donors (Lipinski definition) is 1. The third-order valence-corrected chi connectivity index (χ3v) is 7.00. The fraction of sp³-hybridized carbons (Fsp3) is 0.423. The number of oxime groups is 1. The summed E-state index contributed by atoms with van der Waals surface area (Å²) in [5.74, 6) is -0.888. The van der Waals surface area contributed by atoms with E-state index in [4.69, 9.17) is 16.4 Å². The zero-order valence-electron chi connectivity index (χ0n) is 20.3. The van der Waals surface area contributed by atoms with E-state index in [0.29, 0.717) is 24.2 Å². The number of carbonyl (C=O) groups excluding carboxylic acids is 2. The van der Waals surface area contributed by atoms with E-state index in [1.807, 2.05) is 13.8 Å². The second kappa shape index (κ2) is 11.0. The van der Waals surface area contributed by atoms with Crippen LogP contribution < -0.4 is 10.1 Å². The van der Waals surface area contributed by atoms with Crippen LogP contribution in [0.2, 0.25) is 5.02 Å². The van der Waals surface area contributed by atoms with Crippen LogP contribution in [-0.4, -0.2) is 47.5 Å². The van der Waals surface area contributed by atoms with E-state index in [9.17, 15) is 22.8 Å². The van der Waals surface area contributed by atoms with Crippen molar-refractivity contribution in [1.29, 1.82) is 0 Å². The number of halogens is 4. The van der Waals surface area contributed by atoms with Gasteiger partial charge in [-0.3, -0.25) is 9.59 Å². The second-order valence-electron chi connectivity index (χ2n) is 9.20. The predicted molar refractivity (Wildman–Crippen MR) is 133 cm³/mol. The molecule has 2 aliphatic rings. The van der Waals surface area contributed by atoms with E-state index < -0.39 is 12.4 Å². The molecule has 2 aliphatic heterocycles. The molecular formula is C26H27ClF3N3O4. The molecule has 1 saturated heterocycles. The van der Waals surface area contributed by atoms with Crippen LogP contribution in [0.4, 0.5) is 18.9 Å². The van der Waals surface area contributed by atoms with Crippen molar-refractivity contribution in [3.63, 3.8) is 0 Å². The monoisotopic (exact) mass is 537 g/mol. The zero-order chi connectivity index (χ0) is 26.7. The molecule has 3 atom stereocenters. The van der Waals surface area contributed by atoms with Crippen molar-refractivity contribution in [2.45, 2.75) is 58.0 Å². The lowest BCUT2D eigenvalue weighted by molar-refractivity contribution is -0.274. The summed E-state index contributed by atoms with van der Waals surface area (Å²) in [7, 11) is 0. The van der Waals surface area contributed by atoms with E-state index in [1.54, 1.807) is 17.0 Å². The second-order valence-corrected chi connectivity index (χ2v) is 9.60. The van der Waals surface area contributed by atoms with Crippen molar-refractivity contribution in [2.75, 3.05) is 11.9 Å². The van der Waals surface area contributed by atoms with Crippen LogP contribution >= 0.6 is 11.6 Å². The molecule has 3 unspecified atom stereocenters. The Morgan fingerprint density at radius 1 is 1.19 bits per heavy atom. The molecule has 0 radical (unpaired) electrons. The van der Waals surface area contributed by atoms with Gasteiger partial charge in [-0.15, -0.1) is 13.2 Å². The van der Waals surface area contributed by atoms with Gasteiger partial charge in [-0.2, -0.15) is 0 Å². The average molecular weight is 538 g/mol. The van der Waals surface area contributed by atoms with Gasteiger partial charge < -0.3 is 19.8 Å². The van der Waals surface area contributed by atoms with Crippen LogP contribution in [0.25, 0.3) is 11.1 Å². The zero-order valence-corrected chi connectivity index (χ0v) is 21.1. The first-order chi connectivity index (χ1) is 17.5. The number of nitrogens with zero attached hydrogens (tertiary/aromatic N) is 2. The van der Waals surface area contributed by atoms with E-state index in [2.05, 4.69) is 15.2 Å². The number of benzene rings is 2. The lowest BCUT2D eigenvalue weighted by Crippen LogP contribution is -2.50. The summed E-state index contributed by atoms with van der Waals surface area (Å²) in [4.78, 5) is 33.2. The number of anilines is 1. The Kier molecular flexibility index (Phi) is 7.96. The molecule has 1 N–H and O–H groups in total. The molecule has 0 saturated carbocycles. The van der Waals surface area contributed by atoms with Gasteiger partial charge in [0.2, 0.25) is 11.8 Å².